The van der Waals surface area contributed by atoms with E-state index in [-0.39, 0.29) is 83.7 Å². The van der Waals surface area contributed by atoms with Crippen molar-refractivity contribution >= 4 is 0 Å². The Hall–Kier alpha value is 1.97. The van der Waals surface area contributed by atoms with Gasteiger partial charge in [0.15, 0.2) is 0 Å². The van der Waals surface area contributed by atoms with Gasteiger partial charge in [-0.15, -0.1) is 13.1 Å². The van der Waals surface area contributed by atoms with Gasteiger partial charge in [-0.25, -0.2) is 0 Å². The summed E-state index contributed by atoms with van der Waals surface area (Å²) in [5.74, 6) is 0. The molecule has 0 aliphatic carbocycles. The molecule has 0 N–H and O–H groups in total. The first-order valence-corrected chi connectivity index (χ1v) is 2.71. The van der Waals surface area contributed by atoms with Crippen molar-refractivity contribution in [2.45, 2.75) is 0 Å². The minimum Gasteiger partial charge on any atom is -0.660 e. The standard InChI is InChI=1S/C5H11N2.2CH3.Cs/c1-7-4-2-6-3-5-7;;;/h2-5H2,1H3;2*1H3;/q3*-1;+1. The number of hydrogen-bond donors (Lipinski definition) is 0. The predicted molar refractivity (Wildman–Crippen MR) is 43.4 cm³/mol. The van der Waals surface area contributed by atoms with E-state index in [0.29, 0.717) is 0 Å². The first-order valence-electron chi connectivity index (χ1n) is 2.71. The van der Waals surface area contributed by atoms with Crippen LogP contribution in [-0.4, -0.2) is 38.1 Å². The van der Waals surface area contributed by atoms with Gasteiger partial charge in [-0.05, 0) is 20.1 Å². The van der Waals surface area contributed by atoms with Crippen LogP contribution in [-0.2, 0) is 0 Å². The van der Waals surface area contributed by atoms with Crippen molar-refractivity contribution < 1.29 is 68.9 Å². The van der Waals surface area contributed by atoms with Crippen molar-refractivity contribution in [2.24, 2.45) is 0 Å². The molecule has 0 aromatic carbocycles. The van der Waals surface area contributed by atoms with Gasteiger partial charge in [-0.1, -0.05) is 0 Å². The van der Waals surface area contributed by atoms with E-state index in [2.05, 4.69) is 17.3 Å². The van der Waals surface area contributed by atoms with E-state index in [1.807, 2.05) is 0 Å². The number of rotatable bonds is 0. The molecular weight excluding hydrogens is 245 g/mol. The molecule has 0 bridgehead atoms. The molecule has 0 spiro atoms. The average Bonchev–Trinajstić information content (AvgIpc) is 1.69. The van der Waals surface area contributed by atoms with Gasteiger partial charge in [0.25, 0.3) is 0 Å². The number of likely N-dealkylation sites (N-methyl/N-ethyl adjacent to an activating group) is 1. The molecule has 1 fully saturated rings. The van der Waals surface area contributed by atoms with Crippen LogP contribution in [0.1, 0.15) is 0 Å². The van der Waals surface area contributed by atoms with Crippen molar-refractivity contribution in [2.75, 3.05) is 33.2 Å². The van der Waals surface area contributed by atoms with Crippen LogP contribution in [0.5, 0.6) is 0 Å². The Bertz CT molecular complexity index is 53.6. The quantitative estimate of drug-likeness (QED) is 0.471. The van der Waals surface area contributed by atoms with Crippen molar-refractivity contribution in [3.8, 4) is 0 Å². The third-order valence-corrected chi connectivity index (χ3v) is 1.28. The molecule has 0 saturated carbocycles. The molecule has 0 atom stereocenters. The van der Waals surface area contributed by atoms with Crippen LogP contribution < -0.4 is 68.9 Å². The maximum absolute atomic E-state index is 4.19. The van der Waals surface area contributed by atoms with Crippen LogP contribution in [0, 0.1) is 14.9 Å². The van der Waals surface area contributed by atoms with Gasteiger partial charge in [0.2, 0.25) is 0 Å². The second kappa shape index (κ2) is 11.0. The van der Waals surface area contributed by atoms with Gasteiger partial charge in [-0.3, -0.25) is 0 Å². The fraction of sp³-hybridized carbons (Fsp3) is 0.714. The largest absolute Gasteiger partial charge is 1.00 e. The third kappa shape index (κ3) is 8.07. The van der Waals surface area contributed by atoms with Gasteiger partial charge in [0, 0.05) is 0 Å². The molecule has 10 heavy (non-hydrogen) atoms. The van der Waals surface area contributed by atoms with E-state index in [0.717, 1.165) is 26.2 Å². The fourth-order valence-electron chi connectivity index (χ4n) is 0.706. The van der Waals surface area contributed by atoms with Crippen LogP contribution in [0.4, 0.5) is 0 Å². The first kappa shape index (κ1) is 17.9. The molecule has 58 valence electrons. The topological polar surface area (TPSA) is 17.3 Å². The average molecular weight is 262 g/mol. The summed E-state index contributed by atoms with van der Waals surface area (Å²) in [4.78, 5) is 2.30. The predicted octanol–water partition coefficient (Wildman–Crippen LogP) is -1.79. The number of piperazine rings is 1. The summed E-state index contributed by atoms with van der Waals surface area (Å²) in [5, 5.41) is 4.19. The Labute approximate surface area is 125 Å². The Morgan fingerprint density at radius 1 is 1.10 bits per heavy atom. The molecule has 1 aliphatic heterocycles. The molecule has 3 heteroatoms. The molecule has 0 amide bonds. The summed E-state index contributed by atoms with van der Waals surface area (Å²) in [6, 6.07) is 0. The van der Waals surface area contributed by atoms with Crippen molar-refractivity contribution in [3.05, 3.63) is 20.2 Å². The summed E-state index contributed by atoms with van der Waals surface area (Å²) >= 11 is 0. The van der Waals surface area contributed by atoms with E-state index in [9.17, 15) is 0 Å². The molecular formula is C7H17CsN2-2. The van der Waals surface area contributed by atoms with E-state index >= 15 is 0 Å². The Kier molecular flexibility index (Phi) is 19.6. The third-order valence-electron chi connectivity index (χ3n) is 1.28. The van der Waals surface area contributed by atoms with Gasteiger partial charge in [0.1, 0.15) is 0 Å². The Morgan fingerprint density at radius 2 is 1.50 bits per heavy atom. The second-order valence-electron chi connectivity index (χ2n) is 1.97. The van der Waals surface area contributed by atoms with Gasteiger partial charge in [0.05, 0.1) is 0 Å². The summed E-state index contributed by atoms with van der Waals surface area (Å²) in [6.45, 7) is 4.38. The summed E-state index contributed by atoms with van der Waals surface area (Å²) in [5.41, 5.74) is 0. The van der Waals surface area contributed by atoms with Crippen LogP contribution in [0.15, 0.2) is 0 Å². The maximum atomic E-state index is 4.19. The monoisotopic (exact) mass is 262 g/mol. The molecule has 0 unspecified atom stereocenters. The molecule has 1 rings (SSSR count). The van der Waals surface area contributed by atoms with Crippen LogP contribution >= 0.6 is 0 Å². The summed E-state index contributed by atoms with van der Waals surface area (Å²) in [6.07, 6.45) is 0. The zero-order valence-electron chi connectivity index (χ0n) is 7.72. The molecule has 2 nitrogen and oxygen atoms in total. The number of nitrogens with zero attached hydrogens (tertiary/aromatic N) is 2. The zero-order chi connectivity index (χ0) is 5.11. The van der Waals surface area contributed by atoms with E-state index in [4.69, 9.17) is 0 Å². The minimum absolute atomic E-state index is 0. The van der Waals surface area contributed by atoms with Crippen molar-refractivity contribution in [3.63, 3.8) is 0 Å². The molecule has 1 heterocycles. The second-order valence-corrected chi connectivity index (χ2v) is 1.97. The molecule has 0 aromatic rings. The molecule has 0 radical (unpaired) electrons. The minimum atomic E-state index is 0. The van der Waals surface area contributed by atoms with Crippen molar-refractivity contribution in [1.29, 1.82) is 0 Å². The van der Waals surface area contributed by atoms with E-state index < -0.39 is 0 Å². The SMILES string of the molecule is CN1CC[N-]CC1.[CH3-].[CH3-].[Cs+]. The van der Waals surface area contributed by atoms with Crippen LogP contribution in [0.3, 0.4) is 0 Å². The van der Waals surface area contributed by atoms with Crippen LogP contribution in [0.25, 0.3) is 5.32 Å². The summed E-state index contributed by atoms with van der Waals surface area (Å²) < 4.78 is 0. The van der Waals surface area contributed by atoms with Gasteiger partial charge < -0.3 is 25.1 Å². The smallest absolute Gasteiger partial charge is 0.660 e. The van der Waals surface area contributed by atoms with Gasteiger partial charge >= 0.3 is 68.9 Å². The van der Waals surface area contributed by atoms with Crippen LogP contribution in [0.2, 0.25) is 0 Å². The maximum Gasteiger partial charge on any atom is 1.00 e. The Morgan fingerprint density at radius 3 is 1.70 bits per heavy atom. The zero-order valence-corrected chi connectivity index (χ0v) is 14.0. The van der Waals surface area contributed by atoms with E-state index in [1.165, 1.54) is 0 Å². The molecule has 1 aliphatic rings. The Balaban J connectivity index is -0.000000163. The normalized spacial score (nSPS) is 17.7. The molecule has 0 aromatic heterocycles. The first-order chi connectivity index (χ1) is 3.39. The summed E-state index contributed by atoms with van der Waals surface area (Å²) in [7, 11) is 2.13. The molecule has 1 saturated heterocycles. The van der Waals surface area contributed by atoms with Crippen molar-refractivity contribution in [1.82, 2.24) is 4.90 Å². The van der Waals surface area contributed by atoms with E-state index in [1.54, 1.807) is 0 Å². The number of hydrogen-bond acceptors (Lipinski definition) is 1. The van der Waals surface area contributed by atoms with Gasteiger partial charge in [-0.2, -0.15) is 0 Å². The fourth-order valence-corrected chi connectivity index (χ4v) is 0.706.